The maximum atomic E-state index is 13.2. The molecule has 2 heterocycles. The molecule has 0 fully saturated rings. The number of rotatable bonds is 6. The fourth-order valence-corrected chi connectivity index (χ4v) is 4.70. The van der Waals surface area contributed by atoms with Gasteiger partial charge in [0.05, 0.1) is 16.1 Å². The summed E-state index contributed by atoms with van der Waals surface area (Å²) >= 11 is 1.13. The Balaban J connectivity index is 1.90. The molecule has 0 amide bonds. The third-order valence-corrected chi connectivity index (χ3v) is 6.64. The number of aromatic nitrogens is 3. The fraction of sp³-hybridized carbons (Fsp3) is 0.280. The van der Waals surface area contributed by atoms with Gasteiger partial charge in [0.15, 0.2) is 6.10 Å². The average molecular weight is 534 g/mol. The summed E-state index contributed by atoms with van der Waals surface area (Å²) in [7, 11) is 0.946. The van der Waals surface area contributed by atoms with Crippen molar-refractivity contribution >= 4 is 27.6 Å². The molecule has 2 aromatic heterocycles. The highest BCUT2D eigenvalue weighted by Gasteiger charge is 2.35. The number of halogens is 3. The molecule has 0 radical (unpaired) electrons. The highest BCUT2D eigenvalue weighted by Crippen LogP contribution is 2.38. The summed E-state index contributed by atoms with van der Waals surface area (Å²) in [6.07, 6.45) is -5.98. The second-order valence-corrected chi connectivity index (χ2v) is 9.68. The predicted octanol–water partition coefficient (Wildman–Crippen LogP) is 4.63. The smallest absolute Gasteiger partial charge is 0.431 e. The Bertz CT molecular complexity index is 1640. The van der Waals surface area contributed by atoms with Gasteiger partial charge in [-0.25, -0.2) is 14.2 Å². The number of aliphatic carboxylic acids is 1. The van der Waals surface area contributed by atoms with Crippen molar-refractivity contribution in [2.45, 2.75) is 33.1 Å². The number of carboxylic acid groups (broad SMARTS) is 1. The third-order valence-electron chi connectivity index (χ3n) is 5.82. The standard InChI is InChI=1S/C25H22F3N3O5S/c1-12(2)22(23(33)34)36-17-7-5-13(3)9-15(17)21-16-10-14(6-8-18(16)37-29-21)31-20(32)11-19(25(26,27)28)30(4)24(31)35/h5-12,22H,1-4H3,(H,33,34). The molecule has 0 bridgehead atoms. The van der Waals surface area contributed by atoms with Crippen LogP contribution in [-0.2, 0) is 18.0 Å². The number of benzene rings is 2. The van der Waals surface area contributed by atoms with Gasteiger partial charge in [-0.3, -0.25) is 9.36 Å². The first-order valence-corrected chi connectivity index (χ1v) is 11.9. The molecule has 0 aliphatic heterocycles. The summed E-state index contributed by atoms with van der Waals surface area (Å²) in [4.78, 5) is 37.1. The molecule has 194 valence electrons. The quantitative estimate of drug-likeness (QED) is 0.388. The summed E-state index contributed by atoms with van der Waals surface area (Å²) in [5.74, 6) is -1.16. The molecule has 37 heavy (non-hydrogen) atoms. The first-order chi connectivity index (χ1) is 17.3. The van der Waals surface area contributed by atoms with Crippen LogP contribution >= 0.6 is 11.5 Å². The zero-order valence-corrected chi connectivity index (χ0v) is 21.0. The average Bonchev–Trinajstić information content (AvgIpc) is 3.22. The van der Waals surface area contributed by atoms with E-state index in [2.05, 4.69) is 4.37 Å². The lowest BCUT2D eigenvalue weighted by atomic mass is 10.0. The van der Waals surface area contributed by atoms with E-state index in [1.54, 1.807) is 38.1 Å². The van der Waals surface area contributed by atoms with Crippen molar-refractivity contribution in [3.63, 3.8) is 0 Å². The van der Waals surface area contributed by atoms with Crippen LogP contribution in [0.2, 0.25) is 0 Å². The van der Waals surface area contributed by atoms with E-state index in [0.29, 0.717) is 36.5 Å². The Labute approximate surface area is 212 Å². The van der Waals surface area contributed by atoms with Crippen LogP contribution < -0.4 is 16.0 Å². The van der Waals surface area contributed by atoms with E-state index in [0.717, 1.165) is 24.1 Å². The van der Waals surface area contributed by atoms with Gasteiger partial charge in [0.2, 0.25) is 0 Å². The van der Waals surface area contributed by atoms with E-state index < -0.39 is 35.2 Å². The van der Waals surface area contributed by atoms with Crippen LogP contribution in [0, 0.1) is 12.8 Å². The molecule has 4 aromatic rings. The minimum Gasteiger partial charge on any atom is -0.478 e. The maximum Gasteiger partial charge on any atom is 0.431 e. The van der Waals surface area contributed by atoms with Crippen molar-refractivity contribution in [1.29, 1.82) is 0 Å². The summed E-state index contributed by atoms with van der Waals surface area (Å²) in [6, 6.07) is 10.1. The molecule has 1 unspecified atom stereocenters. The van der Waals surface area contributed by atoms with Crippen molar-refractivity contribution in [2.24, 2.45) is 13.0 Å². The van der Waals surface area contributed by atoms with Crippen LogP contribution in [-0.4, -0.2) is 30.7 Å². The van der Waals surface area contributed by atoms with Crippen molar-refractivity contribution in [3.05, 3.63) is 74.6 Å². The van der Waals surface area contributed by atoms with Crippen LogP contribution in [0.25, 0.3) is 27.0 Å². The number of carboxylic acids is 1. The van der Waals surface area contributed by atoms with E-state index in [4.69, 9.17) is 4.74 Å². The molecule has 12 heteroatoms. The van der Waals surface area contributed by atoms with Gasteiger partial charge in [-0.05, 0) is 48.8 Å². The SMILES string of the molecule is Cc1ccc(OC(C(=O)O)C(C)C)c(-c2nsc3ccc(-n4c(=O)cc(C(F)(F)F)n(C)c4=O)cc23)c1. The number of alkyl halides is 3. The van der Waals surface area contributed by atoms with Gasteiger partial charge in [-0.2, -0.15) is 17.5 Å². The summed E-state index contributed by atoms with van der Waals surface area (Å²) < 4.78 is 51.8. The third kappa shape index (κ3) is 4.88. The fourth-order valence-electron chi connectivity index (χ4n) is 3.94. The Kier molecular flexibility index (Phi) is 6.72. The first kappa shape index (κ1) is 26.1. The zero-order valence-electron chi connectivity index (χ0n) is 20.2. The molecule has 0 aliphatic carbocycles. The largest absolute Gasteiger partial charge is 0.478 e. The molecule has 2 aromatic carbocycles. The second kappa shape index (κ2) is 9.51. The number of hydrogen-bond acceptors (Lipinski definition) is 6. The van der Waals surface area contributed by atoms with Gasteiger partial charge in [-0.15, -0.1) is 0 Å². The molecule has 1 N–H and O–H groups in total. The molecule has 8 nitrogen and oxygen atoms in total. The number of carbonyl (C=O) groups is 1. The van der Waals surface area contributed by atoms with E-state index in [1.165, 1.54) is 12.1 Å². The van der Waals surface area contributed by atoms with Crippen LogP contribution in [0.4, 0.5) is 13.2 Å². The van der Waals surface area contributed by atoms with E-state index >= 15 is 0 Å². The van der Waals surface area contributed by atoms with E-state index in [-0.39, 0.29) is 17.4 Å². The summed E-state index contributed by atoms with van der Waals surface area (Å²) in [5.41, 5.74) is -1.78. The minimum atomic E-state index is -4.87. The topological polar surface area (TPSA) is 103 Å². The number of hydrogen-bond donors (Lipinski definition) is 1. The van der Waals surface area contributed by atoms with Crippen LogP contribution in [0.1, 0.15) is 25.1 Å². The van der Waals surface area contributed by atoms with Crippen LogP contribution in [0.5, 0.6) is 5.75 Å². The monoisotopic (exact) mass is 533 g/mol. The lowest BCUT2D eigenvalue weighted by Crippen LogP contribution is -2.40. The van der Waals surface area contributed by atoms with Gasteiger partial charge in [0, 0.05) is 30.0 Å². The van der Waals surface area contributed by atoms with Crippen molar-refractivity contribution in [1.82, 2.24) is 13.5 Å². The zero-order chi connectivity index (χ0) is 27.2. The number of aryl methyl sites for hydroxylation is 1. The van der Waals surface area contributed by atoms with Gasteiger partial charge in [-0.1, -0.05) is 25.5 Å². The molecular formula is C25H22F3N3O5S. The molecule has 0 spiro atoms. The van der Waals surface area contributed by atoms with Gasteiger partial charge < -0.3 is 9.84 Å². The molecular weight excluding hydrogens is 511 g/mol. The Morgan fingerprint density at radius 3 is 2.43 bits per heavy atom. The highest BCUT2D eigenvalue weighted by atomic mass is 32.1. The molecule has 0 aliphatic rings. The lowest BCUT2D eigenvalue weighted by Gasteiger charge is -2.20. The van der Waals surface area contributed by atoms with Crippen molar-refractivity contribution < 1.29 is 27.8 Å². The number of fused-ring (bicyclic) bond motifs is 1. The summed E-state index contributed by atoms with van der Waals surface area (Å²) in [5, 5.41) is 10.1. The lowest BCUT2D eigenvalue weighted by molar-refractivity contribution is -0.147. The Hall–Kier alpha value is -3.93. The minimum absolute atomic E-state index is 0.0639. The Morgan fingerprint density at radius 1 is 1.11 bits per heavy atom. The number of nitrogens with zero attached hydrogens (tertiary/aromatic N) is 3. The number of ether oxygens (including phenoxy) is 1. The molecule has 4 rings (SSSR count). The van der Waals surface area contributed by atoms with Gasteiger partial charge in [0.1, 0.15) is 11.4 Å². The predicted molar refractivity (Wildman–Crippen MR) is 133 cm³/mol. The molecule has 1 atom stereocenters. The highest BCUT2D eigenvalue weighted by molar-refractivity contribution is 7.13. The Morgan fingerprint density at radius 2 is 1.81 bits per heavy atom. The van der Waals surface area contributed by atoms with Crippen molar-refractivity contribution in [3.8, 4) is 22.7 Å². The van der Waals surface area contributed by atoms with Crippen LogP contribution in [0.15, 0.2) is 52.1 Å². The van der Waals surface area contributed by atoms with Gasteiger partial charge >= 0.3 is 17.8 Å². The second-order valence-electron chi connectivity index (χ2n) is 8.87. The van der Waals surface area contributed by atoms with Gasteiger partial charge in [0.25, 0.3) is 5.56 Å². The summed E-state index contributed by atoms with van der Waals surface area (Å²) in [6.45, 7) is 5.29. The molecule has 0 saturated carbocycles. The van der Waals surface area contributed by atoms with Crippen LogP contribution in [0.3, 0.4) is 0 Å². The van der Waals surface area contributed by atoms with E-state index in [1.807, 2.05) is 6.92 Å². The van der Waals surface area contributed by atoms with E-state index in [9.17, 15) is 32.7 Å². The first-order valence-electron chi connectivity index (χ1n) is 11.1. The van der Waals surface area contributed by atoms with Crippen molar-refractivity contribution in [2.75, 3.05) is 0 Å². The maximum absolute atomic E-state index is 13.2. The normalized spacial score (nSPS) is 12.8. The molecule has 0 saturated heterocycles.